The molecule has 70 valence electrons. The van der Waals surface area contributed by atoms with Gasteiger partial charge >= 0.3 is 0 Å². The van der Waals surface area contributed by atoms with Gasteiger partial charge in [0.05, 0.1) is 0 Å². The fourth-order valence-corrected chi connectivity index (χ4v) is 4.20. The predicted octanol–water partition coefficient (Wildman–Crippen LogP) is 3.55. The molecule has 2 fully saturated rings. The molecule has 0 heteroatoms. The summed E-state index contributed by atoms with van der Waals surface area (Å²) in [6.07, 6.45) is 14.2. The minimum absolute atomic E-state index is 0.556. The summed E-state index contributed by atoms with van der Waals surface area (Å²) in [4.78, 5) is 0. The van der Waals surface area contributed by atoms with Crippen molar-refractivity contribution in [2.45, 2.75) is 32.1 Å². The minimum atomic E-state index is 0.556. The lowest BCUT2D eigenvalue weighted by atomic mass is 9.78. The van der Waals surface area contributed by atoms with E-state index in [0.29, 0.717) is 5.41 Å². The zero-order chi connectivity index (χ0) is 8.89. The summed E-state index contributed by atoms with van der Waals surface area (Å²) in [5.41, 5.74) is 0.556. The molecule has 0 nitrogen and oxygen atoms in total. The maximum Gasteiger partial charge on any atom is -0.00840 e. The third kappa shape index (κ3) is 0.868. The second kappa shape index (κ2) is 2.50. The summed E-state index contributed by atoms with van der Waals surface area (Å²) in [6, 6.07) is 0. The lowest BCUT2D eigenvalue weighted by Gasteiger charge is -2.27. The van der Waals surface area contributed by atoms with Crippen molar-refractivity contribution in [2.75, 3.05) is 0 Å². The first-order valence-corrected chi connectivity index (χ1v) is 5.66. The Morgan fingerprint density at radius 2 is 2.38 bits per heavy atom. The Bertz CT molecular complexity index is 263. The Morgan fingerprint density at radius 3 is 3.23 bits per heavy atom. The fourth-order valence-electron chi connectivity index (χ4n) is 4.20. The van der Waals surface area contributed by atoms with Gasteiger partial charge in [-0.25, -0.2) is 0 Å². The van der Waals surface area contributed by atoms with Crippen LogP contribution in [0.1, 0.15) is 32.1 Å². The molecular formula is C13H18. The molecule has 4 atom stereocenters. The van der Waals surface area contributed by atoms with Crippen LogP contribution < -0.4 is 0 Å². The normalized spacial score (nSPS) is 52.2. The number of allylic oxidation sites excluding steroid dienone is 3. The first-order valence-electron chi connectivity index (χ1n) is 5.66. The fraction of sp³-hybridized carbons (Fsp3) is 0.692. The van der Waals surface area contributed by atoms with E-state index < -0.39 is 0 Å². The first-order chi connectivity index (χ1) is 6.36. The average molecular weight is 174 g/mol. The zero-order valence-electron chi connectivity index (χ0n) is 8.21. The van der Waals surface area contributed by atoms with Crippen LogP contribution in [0, 0.1) is 23.2 Å². The maximum absolute atomic E-state index is 4.08. The molecule has 0 saturated heterocycles. The highest BCUT2D eigenvalue weighted by Crippen LogP contribution is 2.62. The zero-order valence-corrected chi connectivity index (χ0v) is 8.21. The molecule has 0 spiro atoms. The van der Waals surface area contributed by atoms with Crippen molar-refractivity contribution in [3.63, 3.8) is 0 Å². The van der Waals surface area contributed by atoms with E-state index in [9.17, 15) is 0 Å². The van der Waals surface area contributed by atoms with Crippen LogP contribution >= 0.6 is 0 Å². The van der Waals surface area contributed by atoms with E-state index in [0.717, 1.165) is 17.8 Å². The summed E-state index contributed by atoms with van der Waals surface area (Å²) < 4.78 is 0. The van der Waals surface area contributed by atoms with Gasteiger partial charge in [0, 0.05) is 0 Å². The molecule has 3 aliphatic carbocycles. The van der Waals surface area contributed by atoms with Crippen LogP contribution in [0.5, 0.6) is 0 Å². The van der Waals surface area contributed by atoms with Gasteiger partial charge in [-0.05, 0) is 48.9 Å². The number of hydrogen-bond acceptors (Lipinski definition) is 0. The summed E-state index contributed by atoms with van der Waals surface area (Å²) in [5, 5.41) is 0. The van der Waals surface area contributed by atoms with E-state index in [1.807, 2.05) is 0 Å². The van der Waals surface area contributed by atoms with Crippen LogP contribution in [0.15, 0.2) is 24.8 Å². The second-order valence-electron chi connectivity index (χ2n) is 5.13. The van der Waals surface area contributed by atoms with E-state index >= 15 is 0 Å². The summed E-state index contributed by atoms with van der Waals surface area (Å²) in [7, 11) is 0. The first kappa shape index (κ1) is 7.84. The molecule has 0 radical (unpaired) electrons. The Kier molecular flexibility index (Phi) is 1.51. The van der Waals surface area contributed by atoms with Crippen LogP contribution in [0.25, 0.3) is 0 Å². The van der Waals surface area contributed by atoms with Gasteiger partial charge in [-0.15, -0.1) is 6.58 Å². The van der Waals surface area contributed by atoms with Crippen molar-refractivity contribution >= 4 is 0 Å². The molecule has 2 saturated carbocycles. The molecule has 3 rings (SSSR count). The Hall–Kier alpha value is -0.520. The van der Waals surface area contributed by atoms with Gasteiger partial charge in [-0.2, -0.15) is 0 Å². The van der Waals surface area contributed by atoms with Crippen LogP contribution in [-0.2, 0) is 0 Å². The largest absolute Gasteiger partial charge is 0.103 e. The highest BCUT2D eigenvalue weighted by Gasteiger charge is 2.53. The quantitative estimate of drug-likeness (QED) is 0.533. The second-order valence-corrected chi connectivity index (χ2v) is 5.13. The van der Waals surface area contributed by atoms with Crippen LogP contribution in [-0.4, -0.2) is 0 Å². The topological polar surface area (TPSA) is 0 Å². The number of hydrogen-bond donors (Lipinski definition) is 0. The third-order valence-corrected chi connectivity index (χ3v) is 4.78. The summed E-state index contributed by atoms with van der Waals surface area (Å²) >= 11 is 0. The number of rotatable bonds is 1. The average Bonchev–Trinajstić information content (AvgIpc) is 2.72. The maximum atomic E-state index is 4.08. The number of fused-ring (bicyclic) bond motifs is 3. The van der Waals surface area contributed by atoms with Gasteiger partial charge in [0.2, 0.25) is 0 Å². The molecule has 0 N–H and O–H groups in total. The van der Waals surface area contributed by atoms with Gasteiger partial charge in [-0.1, -0.05) is 24.6 Å². The van der Waals surface area contributed by atoms with Gasteiger partial charge < -0.3 is 0 Å². The molecule has 0 amide bonds. The monoisotopic (exact) mass is 174 g/mol. The van der Waals surface area contributed by atoms with Crippen molar-refractivity contribution in [3.8, 4) is 0 Å². The smallest absolute Gasteiger partial charge is 0.00840 e. The van der Waals surface area contributed by atoms with Crippen molar-refractivity contribution < 1.29 is 0 Å². The van der Waals surface area contributed by atoms with Crippen molar-refractivity contribution in [3.05, 3.63) is 24.8 Å². The minimum Gasteiger partial charge on any atom is -0.103 e. The Morgan fingerprint density at radius 1 is 1.46 bits per heavy atom. The lowest BCUT2D eigenvalue weighted by Crippen LogP contribution is -2.19. The van der Waals surface area contributed by atoms with Crippen LogP contribution in [0.3, 0.4) is 0 Å². The summed E-state index contributed by atoms with van der Waals surface area (Å²) in [5.74, 6) is 2.87. The van der Waals surface area contributed by atoms with Gasteiger partial charge in [0.25, 0.3) is 0 Å². The molecular weight excluding hydrogens is 156 g/mol. The summed E-state index contributed by atoms with van der Waals surface area (Å²) in [6.45, 7) is 4.08. The highest BCUT2D eigenvalue weighted by atomic mass is 14.6. The molecule has 0 bridgehead atoms. The van der Waals surface area contributed by atoms with E-state index in [4.69, 9.17) is 0 Å². The third-order valence-electron chi connectivity index (χ3n) is 4.78. The molecule has 0 aliphatic heterocycles. The lowest BCUT2D eigenvalue weighted by molar-refractivity contribution is 0.279. The van der Waals surface area contributed by atoms with Gasteiger partial charge in [-0.3, -0.25) is 0 Å². The molecule has 0 aromatic rings. The van der Waals surface area contributed by atoms with E-state index in [1.165, 1.54) is 32.1 Å². The molecule has 0 aromatic carbocycles. The Balaban J connectivity index is 1.96. The van der Waals surface area contributed by atoms with E-state index in [1.54, 1.807) is 0 Å². The van der Waals surface area contributed by atoms with Crippen LogP contribution in [0.2, 0.25) is 0 Å². The molecule has 3 aliphatic rings. The van der Waals surface area contributed by atoms with Gasteiger partial charge in [0.1, 0.15) is 0 Å². The van der Waals surface area contributed by atoms with Crippen molar-refractivity contribution in [2.24, 2.45) is 23.2 Å². The van der Waals surface area contributed by atoms with Crippen molar-refractivity contribution in [1.29, 1.82) is 0 Å². The molecule has 0 heterocycles. The van der Waals surface area contributed by atoms with Crippen molar-refractivity contribution in [1.82, 2.24) is 0 Å². The standard InChI is InChI=1S/C13H18/c1-2-13-8-4-7-12(13)11-6-3-5-10(11)9-13/h2-3,5,10-12H,1,4,6-9H2/t10-,11-,12+,13-/m0/s1. The van der Waals surface area contributed by atoms with Crippen LogP contribution in [0.4, 0.5) is 0 Å². The molecule has 13 heavy (non-hydrogen) atoms. The molecule has 0 unspecified atom stereocenters. The van der Waals surface area contributed by atoms with E-state index in [-0.39, 0.29) is 0 Å². The predicted molar refractivity (Wildman–Crippen MR) is 55.3 cm³/mol. The highest BCUT2D eigenvalue weighted by molar-refractivity contribution is 5.18. The van der Waals surface area contributed by atoms with E-state index in [2.05, 4.69) is 24.8 Å². The van der Waals surface area contributed by atoms with Gasteiger partial charge in [0.15, 0.2) is 0 Å². The SMILES string of the molecule is C=C[C@@]12CCC[C@@H]1[C@H]1CC=C[C@H]1C2. The Labute approximate surface area is 80.7 Å². The molecule has 0 aromatic heterocycles.